The summed E-state index contributed by atoms with van der Waals surface area (Å²) in [6, 6.07) is 0. The molecule has 0 rings (SSSR count). The first-order chi connectivity index (χ1) is 31.5. The first kappa shape index (κ1) is 62.4. The third-order valence-electron chi connectivity index (χ3n) is 13.4. The number of rotatable bonds is 54. The Morgan fingerprint density at radius 3 is 0.625 bits per heavy atom. The topological polar surface area (TPSA) is 78.9 Å². The van der Waals surface area contributed by atoms with E-state index in [0.29, 0.717) is 19.3 Å². The second-order valence-corrected chi connectivity index (χ2v) is 19.9. The van der Waals surface area contributed by atoms with Crippen molar-refractivity contribution in [3.05, 3.63) is 0 Å². The molecule has 0 unspecified atom stereocenters. The zero-order valence-corrected chi connectivity index (χ0v) is 43.6. The van der Waals surface area contributed by atoms with Gasteiger partial charge >= 0.3 is 17.9 Å². The minimum atomic E-state index is -0.760. The van der Waals surface area contributed by atoms with E-state index in [1.807, 2.05) is 0 Å². The molecule has 0 N–H and O–H groups in total. The Labute approximate surface area is 399 Å². The second kappa shape index (κ2) is 54.0. The monoisotopic (exact) mass is 905 g/mol. The Morgan fingerprint density at radius 1 is 0.250 bits per heavy atom. The maximum absolute atomic E-state index is 12.8. The lowest BCUT2D eigenvalue weighted by atomic mass is 10.0. The van der Waals surface area contributed by atoms with Crippen molar-refractivity contribution in [2.45, 2.75) is 341 Å². The van der Waals surface area contributed by atoms with Gasteiger partial charge in [0, 0.05) is 19.3 Å². The largest absolute Gasteiger partial charge is 0.462 e. The maximum Gasteiger partial charge on any atom is 0.306 e. The fraction of sp³-hybridized carbons (Fsp3) is 0.948. The van der Waals surface area contributed by atoms with Crippen molar-refractivity contribution in [3.63, 3.8) is 0 Å². The highest BCUT2D eigenvalue weighted by molar-refractivity contribution is 5.71. The molecular formula is C58H112O6. The molecule has 0 aliphatic rings. The van der Waals surface area contributed by atoms with E-state index in [0.717, 1.165) is 57.8 Å². The van der Waals surface area contributed by atoms with Gasteiger partial charge in [0.25, 0.3) is 0 Å². The highest BCUT2D eigenvalue weighted by Crippen LogP contribution is 2.18. The van der Waals surface area contributed by atoms with Crippen LogP contribution < -0.4 is 0 Å². The average molecular weight is 906 g/mol. The lowest BCUT2D eigenvalue weighted by Gasteiger charge is -2.18. The van der Waals surface area contributed by atoms with Gasteiger partial charge in [0.2, 0.25) is 0 Å². The fourth-order valence-electron chi connectivity index (χ4n) is 8.98. The number of carbonyl (C=O) groups is 3. The van der Waals surface area contributed by atoms with Gasteiger partial charge in [-0.25, -0.2) is 0 Å². The summed E-state index contributed by atoms with van der Waals surface area (Å²) >= 11 is 0. The number of unbranched alkanes of at least 4 members (excludes halogenated alkanes) is 43. The molecule has 0 aromatic heterocycles. The van der Waals surface area contributed by atoms with Gasteiger partial charge in [0.05, 0.1) is 0 Å². The van der Waals surface area contributed by atoms with Crippen LogP contribution in [0.25, 0.3) is 0 Å². The molecule has 0 spiro atoms. The van der Waals surface area contributed by atoms with E-state index in [9.17, 15) is 14.4 Å². The number of esters is 3. The molecule has 64 heavy (non-hydrogen) atoms. The van der Waals surface area contributed by atoms with Crippen molar-refractivity contribution in [1.82, 2.24) is 0 Å². The van der Waals surface area contributed by atoms with Crippen LogP contribution >= 0.6 is 0 Å². The van der Waals surface area contributed by atoms with E-state index >= 15 is 0 Å². The van der Waals surface area contributed by atoms with Crippen molar-refractivity contribution < 1.29 is 28.6 Å². The quantitative estimate of drug-likeness (QED) is 0.0344. The van der Waals surface area contributed by atoms with E-state index in [1.54, 1.807) is 0 Å². The highest BCUT2D eigenvalue weighted by Gasteiger charge is 2.19. The Bertz CT molecular complexity index is 951. The minimum absolute atomic E-state index is 0.0611. The van der Waals surface area contributed by atoms with E-state index in [2.05, 4.69) is 20.8 Å². The molecule has 6 nitrogen and oxygen atoms in total. The summed E-state index contributed by atoms with van der Waals surface area (Å²) in [6.07, 6.45) is 59.5. The summed E-state index contributed by atoms with van der Waals surface area (Å²) in [5, 5.41) is 0. The van der Waals surface area contributed by atoms with Crippen LogP contribution in [0.4, 0.5) is 0 Å². The van der Waals surface area contributed by atoms with Gasteiger partial charge in [-0.1, -0.05) is 297 Å². The first-order valence-corrected chi connectivity index (χ1v) is 29.0. The van der Waals surface area contributed by atoms with Crippen LogP contribution in [-0.2, 0) is 28.6 Å². The normalized spacial score (nSPS) is 11.9. The fourth-order valence-corrected chi connectivity index (χ4v) is 8.98. The summed E-state index contributed by atoms with van der Waals surface area (Å²) in [5.41, 5.74) is 0. The number of ether oxygens (including phenoxy) is 3. The molecule has 0 saturated carbocycles. The molecular weight excluding hydrogens is 793 g/mol. The second-order valence-electron chi connectivity index (χ2n) is 19.9. The summed E-state index contributed by atoms with van der Waals surface area (Å²) in [5.74, 6) is -0.832. The molecule has 0 radical (unpaired) electrons. The highest BCUT2D eigenvalue weighted by atomic mass is 16.6. The minimum Gasteiger partial charge on any atom is -0.462 e. The lowest BCUT2D eigenvalue weighted by molar-refractivity contribution is -0.167. The molecule has 380 valence electrons. The molecule has 0 aromatic rings. The Morgan fingerprint density at radius 2 is 0.422 bits per heavy atom. The summed E-state index contributed by atoms with van der Waals surface area (Å²) < 4.78 is 16.9. The van der Waals surface area contributed by atoms with Gasteiger partial charge in [-0.15, -0.1) is 0 Å². The molecule has 0 amide bonds. The zero-order valence-electron chi connectivity index (χ0n) is 43.6. The van der Waals surface area contributed by atoms with Crippen LogP contribution in [0.2, 0.25) is 0 Å². The molecule has 0 aliphatic heterocycles. The first-order valence-electron chi connectivity index (χ1n) is 29.0. The average Bonchev–Trinajstić information content (AvgIpc) is 3.29. The van der Waals surface area contributed by atoms with Crippen molar-refractivity contribution in [3.8, 4) is 0 Å². The number of carbonyl (C=O) groups excluding carboxylic acids is 3. The van der Waals surface area contributed by atoms with Gasteiger partial charge < -0.3 is 14.2 Å². The van der Waals surface area contributed by atoms with Crippen LogP contribution in [0.3, 0.4) is 0 Å². The summed E-state index contributed by atoms with van der Waals surface area (Å²) in [7, 11) is 0. The Kier molecular flexibility index (Phi) is 52.7. The number of hydrogen-bond donors (Lipinski definition) is 0. The maximum atomic E-state index is 12.8. The van der Waals surface area contributed by atoms with E-state index in [-0.39, 0.29) is 31.1 Å². The van der Waals surface area contributed by atoms with Crippen molar-refractivity contribution in [1.29, 1.82) is 0 Å². The van der Waals surface area contributed by atoms with E-state index in [4.69, 9.17) is 14.2 Å². The van der Waals surface area contributed by atoms with Gasteiger partial charge in [-0.05, 0) is 19.3 Å². The van der Waals surface area contributed by atoms with Gasteiger partial charge in [-0.2, -0.15) is 0 Å². The summed E-state index contributed by atoms with van der Waals surface area (Å²) in [6.45, 7) is 6.70. The third kappa shape index (κ3) is 51.4. The molecule has 1 atom stereocenters. The number of hydrogen-bond acceptors (Lipinski definition) is 6. The molecule has 0 fully saturated rings. The smallest absolute Gasteiger partial charge is 0.306 e. The SMILES string of the molecule is CCCCCCCCCCCCCCCCCCCCCC(=O)OC[C@@H](COC(=O)CCCCCCCCCCCCCCCC)OC(=O)CCCCCCCCCCCCCCC. The molecule has 0 bridgehead atoms. The van der Waals surface area contributed by atoms with Crippen molar-refractivity contribution >= 4 is 17.9 Å². The molecule has 0 heterocycles. The lowest BCUT2D eigenvalue weighted by Crippen LogP contribution is -2.30. The molecule has 0 aromatic carbocycles. The predicted octanol–water partition coefficient (Wildman–Crippen LogP) is 19.2. The van der Waals surface area contributed by atoms with Crippen molar-refractivity contribution in [2.75, 3.05) is 13.2 Å². The van der Waals surface area contributed by atoms with Gasteiger partial charge in [0.15, 0.2) is 6.10 Å². The van der Waals surface area contributed by atoms with Crippen LogP contribution in [0.15, 0.2) is 0 Å². The van der Waals surface area contributed by atoms with Crippen molar-refractivity contribution in [2.24, 2.45) is 0 Å². The van der Waals surface area contributed by atoms with Gasteiger partial charge in [0.1, 0.15) is 13.2 Å². The molecule has 6 heteroatoms. The van der Waals surface area contributed by atoms with E-state index < -0.39 is 6.10 Å². The third-order valence-corrected chi connectivity index (χ3v) is 13.4. The van der Waals surface area contributed by atoms with Gasteiger partial charge in [-0.3, -0.25) is 14.4 Å². The molecule has 0 aliphatic carbocycles. The van der Waals surface area contributed by atoms with Crippen LogP contribution in [0.5, 0.6) is 0 Å². The standard InChI is InChI=1S/C58H112O6/c1-4-7-10-13-16-19-22-25-27-28-29-30-31-34-36-39-42-45-48-51-57(60)63-54-55(64-58(61)52-49-46-43-40-37-32-24-21-18-15-12-9-6-3)53-62-56(59)50-47-44-41-38-35-33-26-23-20-17-14-11-8-5-2/h55H,4-54H2,1-3H3/t55-/m1/s1. The zero-order chi connectivity index (χ0) is 46.5. The van der Waals surface area contributed by atoms with Crippen LogP contribution in [0.1, 0.15) is 335 Å². The summed E-state index contributed by atoms with van der Waals surface area (Å²) in [4.78, 5) is 38.1. The molecule has 0 saturated heterocycles. The Hall–Kier alpha value is -1.59. The van der Waals surface area contributed by atoms with Crippen LogP contribution in [-0.4, -0.2) is 37.2 Å². The predicted molar refractivity (Wildman–Crippen MR) is 275 cm³/mol. The Balaban J connectivity index is 4.25. The van der Waals surface area contributed by atoms with E-state index in [1.165, 1.54) is 238 Å². The van der Waals surface area contributed by atoms with Crippen LogP contribution in [0, 0.1) is 0 Å².